The van der Waals surface area contributed by atoms with Gasteiger partial charge in [0.05, 0.1) is 13.0 Å². The second-order valence-corrected chi connectivity index (χ2v) is 34.7. The van der Waals surface area contributed by atoms with Crippen LogP contribution in [0.15, 0.2) is 91.0 Å². The molecule has 0 aliphatic carbocycles. The van der Waals surface area contributed by atoms with Gasteiger partial charge in [-0.25, -0.2) is 9.59 Å². The third-order valence-electron chi connectivity index (χ3n) is 17.4. The Kier molecular flexibility index (Phi) is 39.1. The molecule has 0 unspecified atom stereocenters. The van der Waals surface area contributed by atoms with E-state index < -0.39 is 228 Å². The average Bonchev–Trinajstić information content (AvgIpc) is 1.77. The number of carbonyl (C=O) groups is 16. The summed E-state index contributed by atoms with van der Waals surface area (Å²) in [6, 6.07) is 8.95. The second-order valence-electron chi connectivity index (χ2n) is 34.7. The lowest BCUT2D eigenvalue weighted by Crippen LogP contribution is -2.60. The summed E-state index contributed by atoms with van der Waals surface area (Å²) in [6.45, 7) is 28.9. The Labute approximate surface area is 696 Å². The first-order chi connectivity index (χ1) is 55.3. The Balaban J connectivity index is 1.58. The van der Waals surface area contributed by atoms with E-state index >= 15 is 4.79 Å². The maximum absolute atomic E-state index is 15.1. The molecule has 1 aliphatic rings. The third kappa shape index (κ3) is 38.9. The molecule has 4 rings (SSSR count). The zero-order valence-corrected chi connectivity index (χ0v) is 72.1. The van der Waals surface area contributed by atoms with E-state index in [9.17, 15) is 77.0 Å². The Morgan fingerprint density at radius 2 is 0.731 bits per heavy atom. The first-order valence-electron chi connectivity index (χ1n) is 40.1. The Morgan fingerprint density at radius 1 is 0.387 bits per heavy atom. The molecule has 34 nitrogen and oxygen atoms in total. The predicted molar refractivity (Wildman–Crippen MR) is 435 cm³/mol. The number of alkyl carbamates (subject to hydrolysis) is 1. The second kappa shape index (κ2) is 46.3. The highest BCUT2D eigenvalue weighted by Gasteiger charge is 2.42. The van der Waals surface area contributed by atoms with Gasteiger partial charge in [-0.15, -0.1) is 0 Å². The van der Waals surface area contributed by atoms with Crippen molar-refractivity contribution in [2.24, 2.45) is 5.92 Å². The fraction of sp³-hybridized carbons (Fsp3) is 0.600. The number of hydrogen-bond acceptors (Lipinski definition) is 23. The number of aliphatic hydroxyl groups is 1. The molecule has 1 aliphatic heterocycles. The maximum atomic E-state index is 15.1. The molecule has 0 aromatic heterocycles. The van der Waals surface area contributed by atoms with Crippen molar-refractivity contribution >= 4 is 95.0 Å². The van der Waals surface area contributed by atoms with Crippen molar-refractivity contribution in [2.45, 2.75) is 310 Å². The van der Waals surface area contributed by atoms with Crippen LogP contribution in [0.2, 0.25) is 0 Å². The average molecular weight is 1670 g/mol. The lowest BCUT2D eigenvalue weighted by molar-refractivity contribution is -0.159. The van der Waals surface area contributed by atoms with Crippen molar-refractivity contribution in [3.8, 4) is 0 Å². The van der Waals surface area contributed by atoms with Crippen LogP contribution in [0.1, 0.15) is 212 Å². The normalized spacial score (nSPS) is 15.5. The van der Waals surface area contributed by atoms with Gasteiger partial charge < -0.3 is 91.6 Å². The number of rotatable bonds is 41. The fourth-order valence-corrected chi connectivity index (χ4v) is 12.0. The molecule has 3 aromatic rings. The monoisotopic (exact) mass is 1670 g/mol. The lowest BCUT2D eigenvalue weighted by Gasteiger charge is -2.31. The van der Waals surface area contributed by atoms with Crippen LogP contribution in [0.3, 0.4) is 0 Å². The van der Waals surface area contributed by atoms with Gasteiger partial charge in [0.2, 0.25) is 59.1 Å². The van der Waals surface area contributed by atoms with Crippen molar-refractivity contribution in [3.05, 3.63) is 108 Å². The van der Waals surface area contributed by atoms with Crippen LogP contribution in [0.4, 0.5) is 4.79 Å². The lowest BCUT2D eigenvalue weighted by atomic mass is 10.0. The molecule has 11 atom stereocenters. The van der Waals surface area contributed by atoms with Gasteiger partial charge in [0, 0.05) is 38.6 Å². The number of nitrogens with zero attached hydrogens (tertiary/aromatic N) is 1. The molecule has 1 heterocycles. The maximum Gasteiger partial charge on any atom is 0.408 e. The minimum Gasteiger partial charge on any atom is -0.460 e. The van der Waals surface area contributed by atoms with E-state index in [0.717, 1.165) is 0 Å². The number of likely N-dealkylation sites (tertiary alicyclic amines) is 1. The summed E-state index contributed by atoms with van der Waals surface area (Å²) in [4.78, 5) is 225. The number of benzene rings is 3. The van der Waals surface area contributed by atoms with Gasteiger partial charge in [-0.1, -0.05) is 105 Å². The van der Waals surface area contributed by atoms with Gasteiger partial charge in [0.25, 0.3) is 0 Å². The molecule has 1 saturated heterocycles. The molecule has 11 N–H and O–H groups in total. The molecule has 1 fully saturated rings. The minimum absolute atomic E-state index is 0.00311. The molecule has 119 heavy (non-hydrogen) atoms. The van der Waals surface area contributed by atoms with Crippen LogP contribution >= 0.6 is 0 Å². The summed E-state index contributed by atoms with van der Waals surface area (Å²) in [7, 11) is 0. The quantitative estimate of drug-likeness (QED) is 0.0272. The van der Waals surface area contributed by atoms with Crippen LogP contribution in [-0.4, -0.2) is 213 Å². The SMILES string of the molecule is CC(C)C[C@H](NC(=O)[C@@H]1CCCN1C(=O)[C@H](Cc1ccccc1)NC(=O)[C@H](C)NC(=O)[C@H](CCC(=O)OC(C)(C)C)NC(=O)[C@H](C)NC(=O)[C@H](CO)NC(=O)[C@H](CCC(=O)OC(C)(C)C)NC(=O)[C@H](CC(=O)OC(C)(C)C)NC(=O)OCc1ccccc1)C(=O)N[C@@H](CCC(=O)OC(C)(C)C)C(=O)N[C@@H](Cc1ccccc1)C(=O)OC(C)(C)C. The third-order valence-corrected chi connectivity index (χ3v) is 17.4. The number of esters is 5. The number of ether oxygens (including phenoxy) is 6. The van der Waals surface area contributed by atoms with E-state index in [1.165, 1.54) is 18.7 Å². The summed E-state index contributed by atoms with van der Waals surface area (Å²) >= 11 is 0. The molecule has 0 radical (unpaired) electrons. The zero-order valence-electron chi connectivity index (χ0n) is 72.1. The first kappa shape index (κ1) is 100. The summed E-state index contributed by atoms with van der Waals surface area (Å²) < 4.78 is 32.8. The van der Waals surface area contributed by atoms with E-state index in [-0.39, 0.29) is 57.6 Å². The van der Waals surface area contributed by atoms with E-state index in [2.05, 4.69) is 53.2 Å². The highest BCUT2D eigenvalue weighted by Crippen LogP contribution is 2.23. The largest absolute Gasteiger partial charge is 0.460 e. The van der Waals surface area contributed by atoms with Crippen LogP contribution in [0.25, 0.3) is 0 Å². The molecule has 0 spiro atoms. The summed E-state index contributed by atoms with van der Waals surface area (Å²) in [5, 5.41) is 35.9. The number of aliphatic hydroxyl groups excluding tert-OH is 1. The van der Waals surface area contributed by atoms with Crippen LogP contribution < -0.4 is 53.2 Å². The van der Waals surface area contributed by atoms with Crippen molar-refractivity contribution in [2.75, 3.05) is 13.2 Å². The molecule has 3 aromatic carbocycles. The van der Waals surface area contributed by atoms with Crippen LogP contribution in [0.5, 0.6) is 0 Å². The molecule has 34 heteroatoms. The van der Waals surface area contributed by atoms with E-state index in [1.807, 2.05) is 0 Å². The highest BCUT2D eigenvalue weighted by molar-refractivity contribution is 6.00. The van der Waals surface area contributed by atoms with Gasteiger partial charge in [-0.3, -0.25) is 67.1 Å². The number of amides is 11. The van der Waals surface area contributed by atoms with E-state index in [4.69, 9.17) is 28.4 Å². The number of nitrogens with one attached hydrogen (secondary N) is 10. The molecular weight excluding hydrogens is 1540 g/mol. The van der Waals surface area contributed by atoms with E-state index in [0.29, 0.717) is 23.1 Å². The first-order valence-corrected chi connectivity index (χ1v) is 40.1. The Hall–Kier alpha value is -11.1. The topological polar surface area (TPSA) is 472 Å². The van der Waals surface area contributed by atoms with Crippen molar-refractivity contribution < 1.29 is 110 Å². The van der Waals surface area contributed by atoms with Gasteiger partial charge in [0.1, 0.15) is 101 Å². The summed E-state index contributed by atoms with van der Waals surface area (Å²) in [6.07, 6.45) is -4.25. The predicted octanol–water partition coefficient (Wildman–Crippen LogP) is 4.64. The standard InChI is InChI=1S/C85H125N11O23/c1-50(2)44-59(74(107)89-57(38-41-66(99)116-82(8,9)10)72(105)93-62(79(112)119-85(17,18)19)46-54-32-25-21-26-33-54)91-77(110)64-36-29-43-96(64)78(111)61(45-53-30-23-20-24-31-53)92-70(103)52(4)86-71(104)56(37-40-65(98)115-81(5,6)7)88-69(102)51(3)87-76(109)63(48-97)94-73(106)58(39-42-67(100)117-83(11,12)13)90-75(108)60(47-68(101)118-84(14,15)16)95-80(113)114-49-55-34-27-22-28-35-55/h20-28,30-35,50-52,56-64,97H,29,36-49H2,1-19H3,(H,86,104)(H,87,109)(H,88,102)(H,89,107)(H,90,108)(H,91,110)(H,92,103)(H,93,105)(H,94,106)(H,95,113)/t51-,52-,56-,57-,58-,59-,60-,61-,62-,63-,64-/m0/s1. The molecule has 0 saturated carbocycles. The molecule has 11 amide bonds. The van der Waals surface area contributed by atoms with Gasteiger partial charge in [0.15, 0.2) is 0 Å². The smallest absolute Gasteiger partial charge is 0.408 e. The van der Waals surface area contributed by atoms with Gasteiger partial charge >= 0.3 is 35.9 Å². The molecule has 0 bridgehead atoms. The zero-order chi connectivity index (χ0) is 89.5. The van der Waals surface area contributed by atoms with Crippen molar-refractivity contribution in [3.63, 3.8) is 0 Å². The Morgan fingerprint density at radius 3 is 1.14 bits per heavy atom. The number of hydrogen-bond donors (Lipinski definition) is 11. The summed E-state index contributed by atoms with van der Waals surface area (Å²) in [5.74, 6) is -14.0. The highest BCUT2D eigenvalue weighted by atomic mass is 16.6. The van der Waals surface area contributed by atoms with Crippen LogP contribution in [0, 0.1) is 5.92 Å². The molecular formula is C85H125N11O23. The van der Waals surface area contributed by atoms with Gasteiger partial charge in [-0.2, -0.15) is 0 Å². The minimum atomic E-state index is -1.90. The van der Waals surface area contributed by atoms with Crippen molar-refractivity contribution in [1.29, 1.82) is 0 Å². The summed E-state index contributed by atoms with van der Waals surface area (Å²) in [5.41, 5.74) is -3.06. The van der Waals surface area contributed by atoms with E-state index in [1.54, 1.807) is 209 Å². The van der Waals surface area contributed by atoms with Gasteiger partial charge in [-0.05, 0) is 179 Å². The van der Waals surface area contributed by atoms with Crippen LogP contribution in [-0.2, 0) is 120 Å². The molecule has 658 valence electrons. The number of carbonyl (C=O) groups excluding carboxylic acids is 16. The van der Waals surface area contributed by atoms with Crippen molar-refractivity contribution in [1.82, 2.24) is 58.1 Å². The Bertz CT molecular complexity index is 3960. The fourth-order valence-electron chi connectivity index (χ4n) is 12.0.